The first kappa shape index (κ1) is 10.5. The maximum absolute atomic E-state index is 10.7. The Balaban J connectivity index is 3.06. The Labute approximate surface area is 82.4 Å². The van der Waals surface area contributed by atoms with Gasteiger partial charge in [-0.1, -0.05) is 13.8 Å². The SMILES string of the molecule is Cc1occc1/C=C(/C(C)C)[N+](=O)[O-]. The first-order chi connectivity index (χ1) is 6.52. The van der Waals surface area contributed by atoms with Gasteiger partial charge in [0.2, 0.25) is 5.70 Å². The Morgan fingerprint density at radius 2 is 2.29 bits per heavy atom. The molecule has 0 saturated carbocycles. The zero-order valence-electron chi connectivity index (χ0n) is 8.48. The maximum atomic E-state index is 10.7. The van der Waals surface area contributed by atoms with Gasteiger partial charge in [-0.3, -0.25) is 10.1 Å². The number of hydrogen-bond acceptors (Lipinski definition) is 3. The molecule has 0 bridgehead atoms. The second-order valence-corrected chi connectivity index (χ2v) is 3.41. The Morgan fingerprint density at radius 1 is 1.64 bits per heavy atom. The predicted molar refractivity (Wildman–Crippen MR) is 53.3 cm³/mol. The Kier molecular flexibility index (Phi) is 3.06. The van der Waals surface area contributed by atoms with Crippen molar-refractivity contribution in [3.8, 4) is 0 Å². The van der Waals surface area contributed by atoms with Crippen molar-refractivity contribution in [3.63, 3.8) is 0 Å². The topological polar surface area (TPSA) is 56.3 Å². The van der Waals surface area contributed by atoms with E-state index in [-0.39, 0.29) is 16.5 Å². The summed E-state index contributed by atoms with van der Waals surface area (Å²) < 4.78 is 5.06. The average Bonchev–Trinajstić information content (AvgIpc) is 2.46. The molecule has 0 N–H and O–H groups in total. The van der Waals surface area contributed by atoms with E-state index in [9.17, 15) is 10.1 Å². The van der Waals surface area contributed by atoms with Crippen molar-refractivity contribution >= 4 is 6.08 Å². The number of hydrogen-bond donors (Lipinski definition) is 0. The molecule has 1 aromatic rings. The molecule has 4 heteroatoms. The Hall–Kier alpha value is -1.58. The van der Waals surface area contributed by atoms with Crippen LogP contribution in [0.15, 0.2) is 22.4 Å². The van der Waals surface area contributed by atoms with Gasteiger partial charge >= 0.3 is 0 Å². The van der Waals surface area contributed by atoms with Crippen LogP contribution in [0.5, 0.6) is 0 Å². The Bertz CT molecular complexity index is 363. The zero-order chi connectivity index (χ0) is 10.7. The van der Waals surface area contributed by atoms with Gasteiger partial charge in [-0.25, -0.2) is 0 Å². The molecule has 14 heavy (non-hydrogen) atoms. The largest absolute Gasteiger partial charge is 0.469 e. The lowest BCUT2D eigenvalue weighted by Gasteiger charge is -2.00. The molecule has 0 aliphatic heterocycles. The molecular weight excluding hydrogens is 182 g/mol. The summed E-state index contributed by atoms with van der Waals surface area (Å²) in [5, 5.41) is 10.7. The van der Waals surface area contributed by atoms with Crippen molar-refractivity contribution in [1.29, 1.82) is 0 Å². The maximum Gasteiger partial charge on any atom is 0.249 e. The molecule has 1 heterocycles. The van der Waals surface area contributed by atoms with Gasteiger partial charge in [0.25, 0.3) is 0 Å². The third-order valence-corrected chi connectivity index (χ3v) is 2.00. The van der Waals surface area contributed by atoms with E-state index in [0.717, 1.165) is 5.56 Å². The van der Waals surface area contributed by atoms with Crippen LogP contribution >= 0.6 is 0 Å². The highest BCUT2D eigenvalue weighted by molar-refractivity contribution is 5.52. The summed E-state index contributed by atoms with van der Waals surface area (Å²) in [5.74, 6) is 0.601. The summed E-state index contributed by atoms with van der Waals surface area (Å²) in [7, 11) is 0. The van der Waals surface area contributed by atoms with Crippen molar-refractivity contribution < 1.29 is 9.34 Å². The fourth-order valence-corrected chi connectivity index (χ4v) is 1.13. The van der Waals surface area contributed by atoms with Crippen LogP contribution in [0, 0.1) is 23.0 Å². The summed E-state index contributed by atoms with van der Waals surface area (Å²) >= 11 is 0. The van der Waals surface area contributed by atoms with E-state index in [1.54, 1.807) is 32.9 Å². The molecule has 0 aliphatic carbocycles. The van der Waals surface area contributed by atoms with Gasteiger partial charge in [-0.2, -0.15) is 0 Å². The minimum absolute atomic E-state index is 0.0979. The lowest BCUT2D eigenvalue weighted by atomic mass is 10.1. The molecule has 0 amide bonds. The molecule has 0 atom stereocenters. The summed E-state index contributed by atoms with van der Waals surface area (Å²) in [5.41, 5.74) is 0.972. The molecule has 76 valence electrons. The van der Waals surface area contributed by atoms with Crippen molar-refractivity contribution in [1.82, 2.24) is 0 Å². The zero-order valence-corrected chi connectivity index (χ0v) is 8.48. The molecule has 0 aliphatic rings. The fourth-order valence-electron chi connectivity index (χ4n) is 1.13. The first-order valence-corrected chi connectivity index (χ1v) is 4.42. The molecule has 0 aromatic carbocycles. The average molecular weight is 195 g/mol. The summed E-state index contributed by atoms with van der Waals surface area (Å²) in [4.78, 5) is 10.3. The van der Waals surface area contributed by atoms with Gasteiger partial charge < -0.3 is 4.42 Å². The smallest absolute Gasteiger partial charge is 0.249 e. The van der Waals surface area contributed by atoms with E-state index < -0.39 is 0 Å². The van der Waals surface area contributed by atoms with Gasteiger partial charge in [-0.15, -0.1) is 0 Å². The number of allylic oxidation sites excluding steroid dienone is 1. The fraction of sp³-hybridized carbons (Fsp3) is 0.400. The third kappa shape index (κ3) is 2.22. The monoisotopic (exact) mass is 195 g/mol. The van der Waals surface area contributed by atoms with E-state index in [0.29, 0.717) is 5.76 Å². The summed E-state index contributed by atoms with van der Waals surface area (Å²) in [6.07, 6.45) is 3.09. The standard InChI is InChI=1S/C10H13NO3/c1-7(2)10(11(12)13)6-9-4-5-14-8(9)3/h4-7H,1-3H3/b10-6-. The molecule has 0 radical (unpaired) electrons. The minimum Gasteiger partial charge on any atom is -0.469 e. The molecule has 1 rings (SSSR count). The quantitative estimate of drug-likeness (QED) is 0.550. The highest BCUT2D eigenvalue weighted by atomic mass is 16.6. The van der Waals surface area contributed by atoms with Crippen LogP contribution in [0.1, 0.15) is 25.2 Å². The van der Waals surface area contributed by atoms with Crippen LogP contribution in [-0.2, 0) is 0 Å². The van der Waals surface area contributed by atoms with E-state index in [1.165, 1.54) is 6.26 Å². The molecule has 0 fully saturated rings. The third-order valence-electron chi connectivity index (χ3n) is 2.00. The van der Waals surface area contributed by atoms with Crippen molar-refractivity contribution in [2.45, 2.75) is 20.8 Å². The second kappa shape index (κ2) is 4.09. The van der Waals surface area contributed by atoms with Crippen LogP contribution < -0.4 is 0 Å². The summed E-state index contributed by atoms with van der Waals surface area (Å²) in [6, 6.07) is 1.72. The highest BCUT2D eigenvalue weighted by Crippen LogP contribution is 2.18. The van der Waals surface area contributed by atoms with Crippen LogP contribution in [0.25, 0.3) is 6.08 Å². The Morgan fingerprint density at radius 3 is 2.64 bits per heavy atom. The van der Waals surface area contributed by atoms with Crippen molar-refractivity contribution in [2.75, 3.05) is 0 Å². The summed E-state index contributed by atoms with van der Waals surface area (Å²) in [6.45, 7) is 5.37. The van der Waals surface area contributed by atoms with Gasteiger partial charge in [0.15, 0.2) is 0 Å². The molecule has 0 saturated heterocycles. The van der Waals surface area contributed by atoms with E-state index in [1.807, 2.05) is 0 Å². The lowest BCUT2D eigenvalue weighted by molar-refractivity contribution is -0.431. The molecular formula is C10H13NO3. The van der Waals surface area contributed by atoms with Gasteiger partial charge in [0, 0.05) is 17.6 Å². The van der Waals surface area contributed by atoms with E-state index >= 15 is 0 Å². The normalized spacial score (nSPS) is 12.1. The van der Waals surface area contributed by atoms with E-state index in [2.05, 4.69) is 0 Å². The number of rotatable bonds is 3. The molecule has 1 aromatic heterocycles. The molecule has 0 spiro atoms. The van der Waals surface area contributed by atoms with Crippen LogP contribution in [0.4, 0.5) is 0 Å². The number of aryl methyl sites for hydroxylation is 1. The number of nitro groups is 1. The second-order valence-electron chi connectivity index (χ2n) is 3.41. The van der Waals surface area contributed by atoms with Crippen LogP contribution in [0.3, 0.4) is 0 Å². The lowest BCUT2D eigenvalue weighted by Crippen LogP contribution is -2.05. The van der Waals surface area contributed by atoms with Crippen LogP contribution in [0.2, 0.25) is 0 Å². The number of nitrogens with zero attached hydrogens (tertiary/aromatic N) is 1. The van der Waals surface area contributed by atoms with Crippen molar-refractivity contribution in [2.24, 2.45) is 5.92 Å². The van der Waals surface area contributed by atoms with Crippen molar-refractivity contribution in [3.05, 3.63) is 39.5 Å². The number of furan rings is 1. The van der Waals surface area contributed by atoms with Gasteiger partial charge in [-0.05, 0) is 13.0 Å². The minimum atomic E-state index is -0.350. The van der Waals surface area contributed by atoms with Gasteiger partial charge in [0.05, 0.1) is 11.2 Å². The molecule has 0 unspecified atom stereocenters. The molecule has 4 nitrogen and oxygen atoms in total. The predicted octanol–water partition coefficient (Wildman–Crippen LogP) is 2.86. The van der Waals surface area contributed by atoms with E-state index in [4.69, 9.17) is 4.42 Å². The van der Waals surface area contributed by atoms with Crippen LogP contribution in [-0.4, -0.2) is 4.92 Å². The highest BCUT2D eigenvalue weighted by Gasteiger charge is 2.16. The first-order valence-electron chi connectivity index (χ1n) is 4.42. The van der Waals surface area contributed by atoms with Gasteiger partial charge in [0.1, 0.15) is 5.76 Å².